The van der Waals surface area contributed by atoms with Gasteiger partial charge in [0.1, 0.15) is 0 Å². The Morgan fingerprint density at radius 2 is 1.65 bits per heavy atom. The molecule has 1 aliphatic heterocycles. The van der Waals surface area contributed by atoms with Gasteiger partial charge in [0, 0.05) is 18.8 Å². The summed E-state index contributed by atoms with van der Waals surface area (Å²) >= 11 is 0. The quantitative estimate of drug-likeness (QED) is 0.506. The van der Waals surface area contributed by atoms with E-state index in [0.29, 0.717) is 5.65 Å². The Bertz CT molecular complexity index is 1240. The van der Waals surface area contributed by atoms with E-state index in [4.69, 9.17) is 5.10 Å². The van der Waals surface area contributed by atoms with Gasteiger partial charge in [-0.15, -0.1) is 0 Å². The van der Waals surface area contributed by atoms with Crippen LogP contribution in [0.1, 0.15) is 35.4 Å². The number of nitrogens with zero attached hydrogens (tertiary/aromatic N) is 4. The highest BCUT2D eigenvalue weighted by Gasteiger charge is 2.20. The Labute approximate surface area is 180 Å². The molecule has 0 aliphatic carbocycles. The Morgan fingerprint density at radius 3 is 2.32 bits per heavy atom. The SMILES string of the molecule is Cc1nn(-c2ccccc2)c2nc(C(=O)O)cc(-c3ccc(N4CCCCC4)cc3)c12. The van der Waals surface area contributed by atoms with Gasteiger partial charge in [-0.3, -0.25) is 0 Å². The fourth-order valence-electron chi connectivity index (χ4n) is 4.38. The summed E-state index contributed by atoms with van der Waals surface area (Å²) in [4.78, 5) is 18.7. The zero-order valence-corrected chi connectivity index (χ0v) is 17.5. The zero-order chi connectivity index (χ0) is 21.4. The molecule has 0 spiro atoms. The number of rotatable bonds is 4. The van der Waals surface area contributed by atoms with Crippen LogP contribution in [-0.2, 0) is 0 Å². The minimum absolute atomic E-state index is 0.0136. The summed E-state index contributed by atoms with van der Waals surface area (Å²) in [6.45, 7) is 4.12. The number of piperidine rings is 1. The molecule has 0 amide bonds. The Kier molecular flexibility index (Phi) is 4.90. The first-order valence-electron chi connectivity index (χ1n) is 10.7. The summed E-state index contributed by atoms with van der Waals surface area (Å²) in [6, 6.07) is 19.7. The molecule has 2 aromatic heterocycles. The molecule has 0 radical (unpaired) electrons. The fraction of sp³-hybridized carbons (Fsp3) is 0.240. The molecule has 5 rings (SSSR count). The molecule has 0 bridgehead atoms. The predicted molar refractivity (Wildman–Crippen MR) is 122 cm³/mol. The van der Waals surface area contributed by atoms with Crippen molar-refractivity contribution in [2.75, 3.05) is 18.0 Å². The predicted octanol–water partition coefficient (Wildman–Crippen LogP) is 5.08. The number of aromatic nitrogens is 3. The molecule has 6 heteroatoms. The van der Waals surface area contributed by atoms with Gasteiger partial charge in [-0.2, -0.15) is 5.10 Å². The average Bonchev–Trinajstić information content (AvgIpc) is 3.16. The van der Waals surface area contributed by atoms with E-state index < -0.39 is 5.97 Å². The standard InChI is InChI=1S/C25H24N4O2/c1-17-23-21(18-10-12-19(13-11-18)28-14-6-3-7-15-28)16-22(25(30)31)26-24(23)29(27-17)20-8-4-2-5-9-20/h2,4-5,8-13,16H,3,6-7,14-15H2,1H3,(H,30,31). The third-order valence-electron chi connectivity index (χ3n) is 5.93. The highest BCUT2D eigenvalue weighted by Crippen LogP contribution is 2.33. The molecule has 0 saturated carbocycles. The molecular weight excluding hydrogens is 388 g/mol. The third kappa shape index (κ3) is 3.54. The smallest absolute Gasteiger partial charge is 0.354 e. The zero-order valence-electron chi connectivity index (χ0n) is 17.5. The van der Waals surface area contributed by atoms with Crippen molar-refractivity contribution >= 4 is 22.7 Å². The molecule has 4 aromatic rings. The summed E-state index contributed by atoms with van der Waals surface area (Å²) < 4.78 is 1.72. The van der Waals surface area contributed by atoms with E-state index in [1.54, 1.807) is 10.7 Å². The molecule has 0 atom stereocenters. The van der Waals surface area contributed by atoms with Crippen molar-refractivity contribution in [3.8, 4) is 16.8 Å². The largest absolute Gasteiger partial charge is 0.477 e. The maximum Gasteiger partial charge on any atom is 0.354 e. The number of hydrogen-bond acceptors (Lipinski definition) is 4. The van der Waals surface area contributed by atoms with Crippen molar-refractivity contribution in [2.24, 2.45) is 0 Å². The lowest BCUT2D eigenvalue weighted by Gasteiger charge is -2.28. The lowest BCUT2D eigenvalue weighted by molar-refractivity contribution is 0.0691. The molecule has 1 aliphatic rings. The van der Waals surface area contributed by atoms with E-state index >= 15 is 0 Å². The Morgan fingerprint density at radius 1 is 0.935 bits per heavy atom. The van der Waals surface area contributed by atoms with Crippen LogP contribution in [0.4, 0.5) is 5.69 Å². The molecule has 156 valence electrons. The summed E-state index contributed by atoms with van der Waals surface area (Å²) in [5, 5.41) is 15.3. The van der Waals surface area contributed by atoms with Gasteiger partial charge in [0.15, 0.2) is 11.3 Å². The van der Waals surface area contributed by atoms with E-state index in [2.05, 4.69) is 34.1 Å². The van der Waals surface area contributed by atoms with Gasteiger partial charge >= 0.3 is 5.97 Å². The first kappa shape index (κ1) is 19.3. The normalized spacial score (nSPS) is 14.2. The second-order valence-electron chi connectivity index (χ2n) is 7.99. The van der Waals surface area contributed by atoms with E-state index in [-0.39, 0.29) is 5.69 Å². The lowest BCUT2D eigenvalue weighted by atomic mass is 10.00. The number of benzene rings is 2. The Hall–Kier alpha value is -3.67. The summed E-state index contributed by atoms with van der Waals surface area (Å²) in [5.74, 6) is -1.05. The monoisotopic (exact) mass is 412 g/mol. The van der Waals surface area contributed by atoms with Crippen LogP contribution in [-0.4, -0.2) is 38.9 Å². The second kappa shape index (κ2) is 7.87. The third-order valence-corrected chi connectivity index (χ3v) is 5.93. The summed E-state index contributed by atoms with van der Waals surface area (Å²) in [7, 11) is 0. The number of para-hydroxylation sites is 1. The van der Waals surface area contributed by atoms with Gasteiger partial charge in [0.05, 0.1) is 16.8 Å². The molecular formula is C25H24N4O2. The van der Waals surface area contributed by atoms with Crippen molar-refractivity contribution in [3.05, 3.63) is 72.1 Å². The van der Waals surface area contributed by atoms with Gasteiger partial charge in [0.25, 0.3) is 0 Å². The number of pyridine rings is 1. The molecule has 1 saturated heterocycles. The van der Waals surface area contributed by atoms with Crippen LogP contribution in [0, 0.1) is 6.92 Å². The van der Waals surface area contributed by atoms with Gasteiger partial charge in [-0.05, 0) is 67.6 Å². The van der Waals surface area contributed by atoms with Crippen molar-refractivity contribution < 1.29 is 9.90 Å². The number of aromatic carboxylic acids is 1. The highest BCUT2D eigenvalue weighted by molar-refractivity contribution is 6.00. The minimum atomic E-state index is -1.05. The maximum absolute atomic E-state index is 11.8. The number of hydrogen-bond donors (Lipinski definition) is 1. The maximum atomic E-state index is 11.8. The van der Waals surface area contributed by atoms with Gasteiger partial charge in [-0.1, -0.05) is 30.3 Å². The van der Waals surface area contributed by atoms with Crippen molar-refractivity contribution in [2.45, 2.75) is 26.2 Å². The minimum Gasteiger partial charge on any atom is -0.477 e. The number of anilines is 1. The lowest BCUT2D eigenvalue weighted by Crippen LogP contribution is -2.29. The average molecular weight is 412 g/mol. The first-order chi connectivity index (χ1) is 15.1. The van der Waals surface area contributed by atoms with Crippen LogP contribution in [0.15, 0.2) is 60.7 Å². The van der Waals surface area contributed by atoms with Gasteiger partial charge in [0.2, 0.25) is 0 Å². The number of carboxylic acid groups (broad SMARTS) is 1. The summed E-state index contributed by atoms with van der Waals surface area (Å²) in [6.07, 6.45) is 3.76. The number of carboxylic acids is 1. The molecule has 31 heavy (non-hydrogen) atoms. The number of fused-ring (bicyclic) bond motifs is 1. The molecule has 1 N–H and O–H groups in total. The molecule has 6 nitrogen and oxygen atoms in total. The topological polar surface area (TPSA) is 71.2 Å². The molecule has 2 aromatic carbocycles. The van der Waals surface area contributed by atoms with Gasteiger partial charge < -0.3 is 10.0 Å². The van der Waals surface area contributed by atoms with Crippen LogP contribution >= 0.6 is 0 Å². The van der Waals surface area contributed by atoms with E-state index in [9.17, 15) is 9.90 Å². The van der Waals surface area contributed by atoms with Crippen LogP contribution in [0.5, 0.6) is 0 Å². The number of aryl methyl sites for hydroxylation is 1. The van der Waals surface area contributed by atoms with Crippen molar-refractivity contribution in [1.82, 2.24) is 14.8 Å². The van der Waals surface area contributed by atoms with E-state index in [0.717, 1.165) is 41.0 Å². The Balaban J connectivity index is 1.66. The first-order valence-corrected chi connectivity index (χ1v) is 10.7. The van der Waals surface area contributed by atoms with Gasteiger partial charge in [-0.25, -0.2) is 14.5 Å². The van der Waals surface area contributed by atoms with Crippen LogP contribution in [0.25, 0.3) is 27.8 Å². The van der Waals surface area contributed by atoms with E-state index in [1.807, 2.05) is 37.3 Å². The van der Waals surface area contributed by atoms with Crippen LogP contribution in [0.3, 0.4) is 0 Å². The molecule has 0 unspecified atom stereocenters. The van der Waals surface area contributed by atoms with Crippen molar-refractivity contribution in [3.63, 3.8) is 0 Å². The van der Waals surface area contributed by atoms with Crippen LogP contribution < -0.4 is 4.90 Å². The van der Waals surface area contributed by atoms with E-state index in [1.165, 1.54) is 24.9 Å². The highest BCUT2D eigenvalue weighted by atomic mass is 16.4. The van der Waals surface area contributed by atoms with Crippen molar-refractivity contribution in [1.29, 1.82) is 0 Å². The summed E-state index contributed by atoms with van der Waals surface area (Å²) in [5.41, 5.74) is 5.25. The fourth-order valence-corrected chi connectivity index (χ4v) is 4.38. The molecule has 3 heterocycles. The molecule has 1 fully saturated rings. The second-order valence-corrected chi connectivity index (χ2v) is 7.99. The van der Waals surface area contributed by atoms with Crippen LogP contribution in [0.2, 0.25) is 0 Å². The number of carbonyl (C=O) groups is 1.